The van der Waals surface area contributed by atoms with E-state index in [2.05, 4.69) is 4.72 Å². The normalized spacial score (nSPS) is 18.8. The van der Waals surface area contributed by atoms with Gasteiger partial charge >= 0.3 is 6.18 Å². The Labute approximate surface area is 241 Å². The first-order valence-electron chi connectivity index (χ1n) is 12.9. The number of nitrogens with zero attached hydrogens (tertiary/aromatic N) is 2. The molecule has 2 aromatic carbocycles. The summed E-state index contributed by atoms with van der Waals surface area (Å²) in [6.07, 6.45) is -4.96. The molecule has 1 aliphatic heterocycles. The lowest BCUT2D eigenvalue weighted by Gasteiger charge is -2.38. The van der Waals surface area contributed by atoms with E-state index in [9.17, 15) is 31.5 Å². The van der Waals surface area contributed by atoms with Gasteiger partial charge < -0.3 is 14.7 Å². The lowest BCUT2D eigenvalue weighted by Crippen LogP contribution is -2.49. The number of aliphatic hydroxyl groups is 1. The van der Waals surface area contributed by atoms with Gasteiger partial charge in [-0.25, -0.2) is 8.42 Å². The van der Waals surface area contributed by atoms with Crippen molar-refractivity contribution in [2.75, 3.05) is 31.5 Å². The molecule has 0 fully saturated rings. The number of benzene rings is 2. The van der Waals surface area contributed by atoms with Crippen LogP contribution in [0.1, 0.15) is 35.3 Å². The molecule has 0 radical (unpaired) electrons. The Hall–Kier alpha value is -3.13. The summed E-state index contributed by atoms with van der Waals surface area (Å²) in [6.45, 7) is 4.27. The highest BCUT2D eigenvalue weighted by Gasteiger charge is 2.35. The number of thiophene rings is 1. The summed E-state index contributed by atoms with van der Waals surface area (Å²) in [5.74, 6) is -0.576. The van der Waals surface area contributed by atoms with Crippen LogP contribution in [0.5, 0.6) is 5.75 Å². The van der Waals surface area contributed by atoms with Crippen molar-refractivity contribution in [1.82, 2.24) is 9.80 Å². The molecule has 3 aromatic rings. The van der Waals surface area contributed by atoms with E-state index < -0.39 is 39.8 Å². The van der Waals surface area contributed by atoms with E-state index in [1.807, 2.05) is 11.8 Å². The highest BCUT2D eigenvalue weighted by molar-refractivity contribution is 7.94. The molecule has 3 atom stereocenters. The summed E-state index contributed by atoms with van der Waals surface area (Å²) in [4.78, 5) is 17.1. The Balaban J connectivity index is 1.65. The van der Waals surface area contributed by atoms with Crippen molar-refractivity contribution in [2.24, 2.45) is 5.92 Å². The van der Waals surface area contributed by atoms with Crippen molar-refractivity contribution in [1.29, 1.82) is 0 Å². The maximum absolute atomic E-state index is 13.6. The Bertz CT molecular complexity index is 1450. The van der Waals surface area contributed by atoms with E-state index in [-0.39, 0.29) is 40.3 Å². The number of anilines is 1. The van der Waals surface area contributed by atoms with Crippen molar-refractivity contribution in [2.45, 2.75) is 42.9 Å². The molecule has 0 aliphatic carbocycles. The van der Waals surface area contributed by atoms with Crippen LogP contribution in [0, 0.1) is 5.92 Å². The van der Waals surface area contributed by atoms with E-state index in [0.29, 0.717) is 18.7 Å². The molecular weight excluding hydrogens is 579 g/mol. The van der Waals surface area contributed by atoms with Crippen molar-refractivity contribution < 1.29 is 36.2 Å². The van der Waals surface area contributed by atoms with Crippen molar-refractivity contribution >= 4 is 33.0 Å². The number of carbonyl (C=O) groups excluding carboxylic acids is 1. The van der Waals surface area contributed by atoms with E-state index in [4.69, 9.17) is 4.74 Å². The molecule has 0 unspecified atom stereocenters. The number of likely N-dealkylation sites (N-methyl/N-ethyl adjacent to an activating group) is 1. The van der Waals surface area contributed by atoms with E-state index in [1.54, 1.807) is 42.5 Å². The molecule has 4 rings (SSSR count). The molecule has 2 N–H and O–H groups in total. The highest BCUT2D eigenvalue weighted by atomic mass is 32.2. The zero-order valence-corrected chi connectivity index (χ0v) is 24.4. The van der Waals surface area contributed by atoms with Crippen LogP contribution < -0.4 is 9.46 Å². The van der Waals surface area contributed by atoms with Gasteiger partial charge in [-0.15, -0.1) is 11.3 Å². The Morgan fingerprint density at radius 1 is 1.17 bits per heavy atom. The second-order valence-electron chi connectivity index (χ2n) is 10.2. The van der Waals surface area contributed by atoms with Crippen LogP contribution >= 0.6 is 11.3 Å². The Morgan fingerprint density at radius 3 is 2.49 bits per heavy atom. The van der Waals surface area contributed by atoms with Gasteiger partial charge in [0, 0.05) is 25.6 Å². The van der Waals surface area contributed by atoms with Gasteiger partial charge in [0.2, 0.25) is 0 Å². The van der Waals surface area contributed by atoms with Gasteiger partial charge in [-0.2, -0.15) is 13.2 Å². The number of carbonyl (C=O) groups is 1. The fourth-order valence-corrected chi connectivity index (χ4v) is 6.69. The number of fused-ring (bicyclic) bond motifs is 1. The Kier molecular flexibility index (Phi) is 9.32. The van der Waals surface area contributed by atoms with Crippen LogP contribution in [0.3, 0.4) is 0 Å². The number of rotatable bonds is 9. The number of aliphatic hydroxyl groups excluding tert-OH is 1. The molecule has 0 bridgehead atoms. The number of para-hydroxylation sites is 1. The van der Waals surface area contributed by atoms with Crippen LogP contribution in [0.2, 0.25) is 0 Å². The third-order valence-corrected chi connectivity index (χ3v) is 9.68. The number of hydrogen-bond acceptors (Lipinski definition) is 7. The average Bonchev–Trinajstić information content (AvgIpc) is 3.47. The average molecular weight is 612 g/mol. The number of hydrogen-bond donors (Lipinski definition) is 2. The third-order valence-electron chi connectivity index (χ3n) is 6.92. The van der Waals surface area contributed by atoms with Crippen LogP contribution in [-0.2, 0) is 22.7 Å². The van der Waals surface area contributed by atoms with Gasteiger partial charge in [0.25, 0.3) is 15.9 Å². The standard InChI is InChI=1S/C28H32F3N3O5S2/c1-18-14-34(19(2)17-35)27(36)22-6-4-7-23(32-41(37,38)25-8-5-13-40-25)26(22)39-24(18)16-33(3)15-20-9-11-21(12-10-20)28(29,30)31/h4-13,18-19,24,32,35H,14-17H2,1-3H3/t18-,19-,24+/m0/s1. The van der Waals surface area contributed by atoms with Gasteiger partial charge in [0.05, 0.1) is 29.5 Å². The first-order chi connectivity index (χ1) is 19.3. The van der Waals surface area contributed by atoms with Crippen LogP contribution in [0.15, 0.2) is 64.2 Å². The number of sulfonamides is 1. The monoisotopic (exact) mass is 611 g/mol. The molecule has 1 amide bonds. The summed E-state index contributed by atoms with van der Waals surface area (Å²) in [6, 6.07) is 12.2. The molecule has 13 heteroatoms. The van der Waals surface area contributed by atoms with Gasteiger partial charge in [-0.05, 0) is 55.2 Å². The first-order valence-corrected chi connectivity index (χ1v) is 15.3. The van der Waals surface area contributed by atoms with Crippen molar-refractivity contribution in [3.63, 3.8) is 0 Å². The largest absolute Gasteiger partial charge is 0.486 e. The lowest BCUT2D eigenvalue weighted by molar-refractivity contribution is -0.137. The van der Waals surface area contributed by atoms with E-state index >= 15 is 0 Å². The predicted molar refractivity (Wildman–Crippen MR) is 151 cm³/mol. The van der Waals surface area contributed by atoms with Crippen LogP contribution in [-0.4, -0.2) is 68.1 Å². The smallest absolute Gasteiger partial charge is 0.416 e. The summed E-state index contributed by atoms with van der Waals surface area (Å²) >= 11 is 1.05. The lowest BCUT2D eigenvalue weighted by atomic mass is 9.99. The van der Waals surface area contributed by atoms with Crippen molar-refractivity contribution in [3.05, 3.63) is 76.7 Å². The summed E-state index contributed by atoms with van der Waals surface area (Å²) in [5.41, 5.74) is 0.205. The summed E-state index contributed by atoms with van der Waals surface area (Å²) < 4.78 is 74.1. The number of halogens is 3. The minimum atomic E-state index is -4.42. The SMILES string of the molecule is C[C@H]1CN([C@@H](C)CO)C(=O)c2cccc(NS(=O)(=O)c3cccs3)c2O[C@@H]1CN(C)Cc1ccc(C(F)(F)F)cc1. The fraction of sp³-hybridized carbons (Fsp3) is 0.393. The zero-order valence-electron chi connectivity index (χ0n) is 22.8. The molecule has 1 aliphatic rings. The number of amides is 1. The van der Waals surface area contributed by atoms with Gasteiger partial charge in [-0.3, -0.25) is 14.4 Å². The minimum absolute atomic E-state index is 0.0762. The second-order valence-corrected chi connectivity index (χ2v) is 13.1. The van der Waals surface area contributed by atoms with E-state index in [1.165, 1.54) is 24.3 Å². The van der Waals surface area contributed by atoms with E-state index in [0.717, 1.165) is 23.5 Å². The molecule has 222 valence electrons. The van der Waals surface area contributed by atoms with Gasteiger partial charge in [0.1, 0.15) is 10.3 Å². The second kappa shape index (κ2) is 12.4. The first kappa shape index (κ1) is 30.8. The fourth-order valence-electron chi connectivity index (χ4n) is 4.64. The van der Waals surface area contributed by atoms with Crippen LogP contribution in [0.4, 0.5) is 18.9 Å². The molecule has 2 heterocycles. The number of alkyl halides is 3. The topological polar surface area (TPSA) is 99.2 Å². The Morgan fingerprint density at radius 2 is 1.88 bits per heavy atom. The maximum atomic E-state index is 13.6. The molecule has 1 aromatic heterocycles. The van der Waals surface area contributed by atoms with Crippen LogP contribution in [0.25, 0.3) is 0 Å². The summed E-state index contributed by atoms with van der Waals surface area (Å²) in [5, 5.41) is 11.5. The molecular formula is C28H32F3N3O5S2. The van der Waals surface area contributed by atoms with Gasteiger partial charge in [0.15, 0.2) is 5.75 Å². The number of ether oxygens (including phenoxy) is 1. The minimum Gasteiger partial charge on any atom is -0.486 e. The summed E-state index contributed by atoms with van der Waals surface area (Å²) in [7, 11) is -2.15. The predicted octanol–water partition coefficient (Wildman–Crippen LogP) is 4.92. The quantitative estimate of drug-likeness (QED) is 0.357. The van der Waals surface area contributed by atoms with Gasteiger partial charge in [-0.1, -0.05) is 31.2 Å². The molecule has 0 saturated heterocycles. The molecule has 41 heavy (non-hydrogen) atoms. The van der Waals surface area contributed by atoms with Crippen molar-refractivity contribution in [3.8, 4) is 5.75 Å². The number of nitrogens with one attached hydrogen (secondary N) is 1. The molecule has 0 saturated carbocycles. The zero-order chi connectivity index (χ0) is 29.9. The molecule has 8 nitrogen and oxygen atoms in total. The third kappa shape index (κ3) is 7.21. The molecule has 0 spiro atoms. The maximum Gasteiger partial charge on any atom is 0.416 e. The highest BCUT2D eigenvalue weighted by Crippen LogP contribution is 2.36.